The SMILES string of the molecule is CCCc1ccc(OCc2ccc(C#N)cc2)c(F)c1. The molecule has 0 aliphatic rings. The highest BCUT2D eigenvalue weighted by molar-refractivity contribution is 5.32. The number of halogens is 1. The van der Waals surface area contributed by atoms with E-state index in [0.29, 0.717) is 5.56 Å². The van der Waals surface area contributed by atoms with Crippen LogP contribution in [-0.2, 0) is 13.0 Å². The normalized spacial score (nSPS) is 10.1. The summed E-state index contributed by atoms with van der Waals surface area (Å²) in [7, 11) is 0. The molecule has 0 fully saturated rings. The molecule has 102 valence electrons. The second-order valence-electron chi connectivity index (χ2n) is 4.61. The molecule has 0 bridgehead atoms. The molecule has 0 heterocycles. The van der Waals surface area contributed by atoms with Gasteiger partial charge in [-0.1, -0.05) is 31.5 Å². The molecule has 0 radical (unpaired) electrons. The third kappa shape index (κ3) is 3.58. The van der Waals surface area contributed by atoms with Crippen LogP contribution in [0.5, 0.6) is 5.75 Å². The summed E-state index contributed by atoms with van der Waals surface area (Å²) in [5, 5.41) is 8.71. The van der Waals surface area contributed by atoms with Crippen molar-refractivity contribution in [2.45, 2.75) is 26.4 Å². The van der Waals surface area contributed by atoms with E-state index >= 15 is 0 Å². The Morgan fingerprint density at radius 2 is 1.80 bits per heavy atom. The second kappa shape index (κ2) is 6.72. The van der Waals surface area contributed by atoms with E-state index in [9.17, 15) is 4.39 Å². The Bertz CT molecular complexity index is 614. The first-order chi connectivity index (χ1) is 9.72. The maximum Gasteiger partial charge on any atom is 0.165 e. The maximum absolute atomic E-state index is 13.8. The van der Waals surface area contributed by atoms with Crippen molar-refractivity contribution in [1.29, 1.82) is 5.26 Å². The minimum absolute atomic E-state index is 0.259. The van der Waals surface area contributed by atoms with Gasteiger partial charge < -0.3 is 4.74 Å². The Balaban J connectivity index is 2.01. The lowest BCUT2D eigenvalue weighted by atomic mass is 10.1. The fourth-order valence-corrected chi connectivity index (χ4v) is 1.94. The molecule has 0 amide bonds. The van der Waals surface area contributed by atoms with Crippen LogP contribution in [0.3, 0.4) is 0 Å². The zero-order valence-corrected chi connectivity index (χ0v) is 11.4. The van der Waals surface area contributed by atoms with Crippen LogP contribution in [-0.4, -0.2) is 0 Å². The molecule has 0 saturated carbocycles. The summed E-state index contributed by atoms with van der Waals surface area (Å²) in [5.41, 5.74) is 2.49. The summed E-state index contributed by atoms with van der Waals surface area (Å²) in [6, 6.07) is 14.2. The van der Waals surface area contributed by atoms with Crippen LogP contribution in [0.4, 0.5) is 4.39 Å². The van der Waals surface area contributed by atoms with E-state index in [1.807, 2.05) is 18.2 Å². The van der Waals surface area contributed by atoms with E-state index in [2.05, 4.69) is 13.0 Å². The van der Waals surface area contributed by atoms with Gasteiger partial charge in [-0.05, 0) is 41.8 Å². The van der Waals surface area contributed by atoms with E-state index in [1.54, 1.807) is 18.2 Å². The first-order valence-electron chi connectivity index (χ1n) is 6.63. The molecule has 0 aromatic heterocycles. The number of nitrogens with zero attached hydrogens (tertiary/aromatic N) is 1. The zero-order chi connectivity index (χ0) is 14.4. The molecule has 0 N–H and O–H groups in total. The molecule has 20 heavy (non-hydrogen) atoms. The lowest BCUT2D eigenvalue weighted by molar-refractivity contribution is 0.290. The van der Waals surface area contributed by atoms with Crippen LogP contribution in [0.25, 0.3) is 0 Å². The standard InChI is InChI=1S/C17H16FNO/c1-2-3-13-8-9-17(16(18)10-13)20-12-15-6-4-14(11-19)5-7-15/h4-10H,2-3,12H2,1H3. The second-order valence-corrected chi connectivity index (χ2v) is 4.61. The van der Waals surface area contributed by atoms with Gasteiger partial charge in [-0.2, -0.15) is 5.26 Å². The third-order valence-electron chi connectivity index (χ3n) is 3.01. The Hall–Kier alpha value is -2.34. The topological polar surface area (TPSA) is 33.0 Å². The van der Waals surface area contributed by atoms with Gasteiger partial charge >= 0.3 is 0 Å². The summed E-state index contributed by atoms with van der Waals surface area (Å²) in [4.78, 5) is 0. The van der Waals surface area contributed by atoms with Crippen LogP contribution in [0.2, 0.25) is 0 Å². The molecule has 2 aromatic rings. The quantitative estimate of drug-likeness (QED) is 0.813. The van der Waals surface area contributed by atoms with E-state index in [4.69, 9.17) is 10.00 Å². The summed E-state index contributed by atoms with van der Waals surface area (Å²) >= 11 is 0. The minimum Gasteiger partial charge on any atom is -0.486 e. The summed E-state index contributed by atoms with van der Waals surface area (Å²) in [5.74, 6) is -0.0705. The summed E-state index contributed by atoms with van der Waals surface area (Å²) in [6.45, 7) is 2.35. The zero-order valence-electron chi connectivity index (χ0n) is 11.4. The van der Waals surface area contributed by atoms with Gasteiger partial charge in [0.15, 0.2) is 11.6 Å². The Labute approximate surface area is 118 Å². The highest BCUT2D eigenvalue weighted by Crippen LogP contribution is 2.20. The van der Waals surface area contributed by atoms with Gasteiger partial charge in [-0.3, -0.25) is 0 Å². The number of aryl methyl sites for hydroxylation is 1. The van der Waals surface area contributed by atoms with Gasteiger partial charge in [0, 0.05) is 0 Å². The van der Waals surface area contributed by atoms with Crippen molar-refractivity contribution in [1.82, 2.24) is 0 Å². The molecular weight excluding hydrogens is 253 g/mol. The van der Waals surface area contributed by atoms with E-state index in [1.165, 1.54) is 6.07 Å². The lowest BCUT2D eigenvalue weighted by Crippen LogP contribution is -1.98. The van der Waals surface area contributed by atoms with Crippen molar-refractivity contribution >= 4 is 0 Å². The van der Waals surface area contributed by atoms with Crippen molar-refractivity contribution in [3.05, 3.63) is 65.0 Å². The smallest absolute Gasteiger partial charge is 0.165 e. The number of hydrogen-bond acceptors (Lipinski definition) is 2. The van der Waals surface area contributed by atoms with Gasteiger partial charge in [-0.15, -0.1) is 0 Å². The highest BCUT2D eigenvalue weighted by atomic mass is 19.1. The van der Waals surface area contributed by atoms with Gasteiger partial charge in [0.1, 0.15) is 6.61 Å². The molecule has 0 atom stereocenters. The van der Waals surface area contributed by atoms with Crippen molar-refractivity contribution in [2.24, 2.45) is 0 Å². The largest absolute Gasteiger partial charge is 0.486 e. The van der Waals surface area contributed by atoms with Crippen LogP contribution < -0.4 is 4.74 Å². The average molecular weight is 269 g/mol. The predicted molar refractivity (Wildman–Crippen MR) is 75.9 cm³/mol. The number of rotatable bonds is 5. The molecule has 2 rings (SSSR count). The predicted octanol–water partition coefficient (Wildman–Crippen LogP) is 4.23. The fraction of sp³-hybridized carbons (Fsp3) is 0.235. The van der Waals surface area contributed by atoms with E-state index in [0.717, 1.165) is 24.0 Å². The summed E-state index contributed by atoms with van der Waals surface area (Å²) in [6.07, 6.45) is 1.86. The molecule has 0 unspecified atom stereocenters. The molecule has 0 aliphatic heterocycles. The number of hydrogen-bond donors (Lipinski definition) is 0. The average Bonchev–Trinajstić information content (AvgIpc) is 2.47. The molecule has 2 nitrogen and oxygen atoms in total. The van der Waals surface area contributed by atoms with E-state index < -0.39 is 0 Å². The van der Waals surface area contributed by atoms with Gasteiger partial charge in [-0.25, -0.2) is 4.39 Å². The Morgan fingerprint density at radius 1 is 1.10 bits per heavy atom. The van der Waals surface area contributed by atoms with Gasteiger partial charge in [0.05, 0.1) is 11.6 Å². The first kappa shape index (κ1) is 14.1. The van der Waals surface area contributed by atoms with Crippen molar-refractivity contribution in [3.63, 3.8) is 0 Å². The first-order valence-corrected chi connectivity index (χ1v) is 6.63. The van der Waals surface area contributed by atoms with E-state index in [-0.39, 0.29) is 18.2 Å². The molecule has 2 aromatic carbocycles. The van der Waals surface area contributed by atoms with Crippen LogP contribution >= 0.6 is 0 Å². The van der Waals surface area contributed by atoms with Gasteiger partial charge in [0.25, 0.3) is 0 Å². The van der Waals surface area contributed by atoms with Crippen LogP contribution in [0, 0.1) is 17.1 Å². The lowest BCUT2D eigenvalue weighted by Gasteiger charge is -2.08. The van der Waals surface area contributed by atoms with Crippen molar-refractivity contribution < 1.29 is 9.13 Å². The monoisotopic (exact) mass is 269 g/mol. The van der Waals surface area contributed by atoms with Crippen LogP contribution in [0.15, 0.2) is 42.5 Å². The molecule has 0 saturated heterocycles. The number of benzene rings is 2. The molecule has 3 heteroatoms. The number of nitriles is 1. The Kier molecular flexibility index (Phi) is 4.73. The molecule has 0 spiro atoms. The highest BCUT2D eigenvalue weighted by Gasteiger charge is 2.05. The van der Waals surface area contributed by atoms with Crippen LogP contribution in [0.1, 0.15) is 30.0 Å². The Morgan fingerprint density at radius 3 is 2.40 bits per heavy atom. The third-order valence-corrected chi connectivity index (χ3v) is 3.01. The van der Waals surface area contributed by atoms with Gasteiger partial charge in [0.2, 0.25) is 0 Å². The molecular formula is C17H16FNO. The summed E-state index contributed by atoms with van der Waals surface area (Å²) < 4.78 is 19.3. The fourth-order valence-electron chi connectivity index (χ4n) is 1.94. The van der Waals surface area contributed by atoms with Crippen molar-refractivity contribution in [2.75, 3.05) is 0 Å². The molecule has 0 aliphatic carbocycles. The van der Waals surface area contributed by atoms with Crippen molar-refractivity contribution in [3.8, 4) is 11.8 Å². The minimum atomic E-state index is -0.329. The number of ether oxygens (including phenoxy) is 1. The maximum atomic E-state index is 13.8.